The van der Waals surface area contributed by atoms with Gasteiger partial charge in [-0.1, -0.05) is 12.8 Å². The topological polar surface area (TPSA) is 137 Å². The summed E-state index contributed by atoms with van der Waals surface area (Å²) < 4.78 is 37.7. The molecule has 2 atom stereocenters. The first-order valence-electron chi connectivity index (χ1n) is 13.4. The van der Waals surface area contributed by atoms with Gasteiger partial charge < -0.3 is 29.2 Å². The Kier molecular flexibility index (Phi) is 10.4. The summed E-state index contributed by atoms with van der Waals surface area (Å²) >= 11 is 6.28. The summed E-state index contributed by atoms with van der Waals surface area (Å²) in [6, 6.07) is 2.35. The highest BCUT2D eigenvalue weighted by atomic mass is 35.5. The van der Waals surface area contributed by atoms with Gasteiger partial charge in [0.15, 0.2) is 0 Å². The van der Waals surface area contributed by atoms with Crippen LogP contribution in [-0.4, -0.2) is 103 Å². The van der Waals surface area contributed by atoms with Crippen molar-refractivity contribution < 1.29 is 32.7 Å². The molecule has 0 aromatic carbocycles. The molecular weight excluding hydrogens is 563 g/mol. The Morgan fingerprint density at radius 3 is 2.35 bits per heavy atom. The summed E-state index contributed by atoms with van der Waals surface area (Å²) in [5.41, 5.74) is 0.689. The number of nitrogens with zero attached hydrogens (tertiary/aromatic N) is 5. The summed E-state index contributed by atoms with van der Waals surface area (Å²) in [6.07, 6.45) is 6.96. The number of ether oxygens (including phenoxy) is 2. The minimum atomic E-state index is -3.90. The summed E-state index contributed by atoms with van der Waals surface area (Å²) in [4.78, 5) is 35.4. The number of hydrogen-bond donors (Lipinski definition) is 1. The molecule has 2 aliphatic rings. The molecule has 15 heteroatoms. The molecule has 2 aromatic heterocycles. The molecule has 1 aliphatic carbocycles. The van der Waals surface area contributed by atoms with Crippen LogP contribution in [0.4, 0.5) is 5.82 Å². The van der Waals surface area contributed by atoms with Gasteiger partial charge in [-0.3, -0.25) is 23.2 Å². The number of likely N-dealkylation sites (N-methyl/N-ethyl adjacent to an activating group) is 2. The van der Waals surface area contributed by atoms with E-state index in [-0.39, 0.29) is 24.2 Å². The standard InChI is InChI=1S/C25H38ClN6O7P/c1-30(2)20(33)14-37-40(35,38-15-21(34)31(3)4)16-36-13-18-9-10-22(39-18)32-12-11-19-23(27-17-7-5-6-8-17)28-25(26)29-24(19)32/h11-12,17-18,22H,5-10,13-16H2,1-4H3,(H,27,28,29)/t18-,22+/m0/s1. The number of nitrogens with one attached hydrogen (secondary N) is 1. The number of hydrogen-bond acceptors (Lipinski definition) is 10. The second-order valence-corrected chi connectivity index (χ2v) is 12.8. The molecule has 1 saturated heterocycles. The van der Waals surface area contributed by atoms with Gasteiger partial charge in [0.25, 0.3) is 0 Å². The predicted molar refractivity (Wildman–Crippen MR) is 149 cm³/mol. The van der Waals surface area contributed by atoms with E-state index in [0.717, 1.165) is 24.0 Å². The van der Waals surface area contributed by atoms with Crippen LogP contribution in [0.1, 0.15) is 44.8 Å². The van der Waals surface area contributed by atoms with Crippen molar-refractivity contribution in [1.82, 2.24) is 24.3 Å². The Hall–Kier alpha value is -2.28. The second kappa shape index (κ2) is 13.6. The molecule has 222 valence electrons. The van der Waals surface area contributed by atoms with E-state index in [1.54, 1.807) is 28.2 Å². The number of carbonyl (C=O) groups excluding carboxylic acids is 2. The number of rotatable bonds is 13. The predicted octanol–water partition coefficient (Wildman–Crippen LogP) is 3.49. The smallest absolute Gasteiger partial charge is 0.357 e. The lowest BCUT2D eigenvalue weighted by Gasteiger charge is -2.21. The zero-order chi connectivity index (χ0) is 28.9. The Balaban J connectivity index is 1.35. The van der Waals surface area contributed by atoms with Crippen LogP contribution in [0, 0.1) is 0 Å². The van der Waals surface area contributed by atoms with Crippen molar-refractivity contribution in [2.75, 3.05) is 59.7 Å². The van der Waals surface area contributed by atoms with Crippen LogP contribution < -0.4 is 5.32 Å². The minimum Gasteiger partial charge on any atom is -0.367 e. The highest BCUT2D eigenvalue weighted by Crippen LogP contribution is 2.48. The second-order valence-electron chi connectivity index (χ2n) is 10.5. The first-order valence-corrected chi connectivity index (χ1v) is 15.5. The largest absolute Gasteiger partial charge is 0.367 e. The summed E-state index contributed by atoms with van der Waals surface area (Å²) in [6.45, 7) is -0.803. The van der Waals surface area contributed by atoms with Gasteiger partial charge in [-0.15, -0.1) is 0 Å². The van der Waals surface area contributed by atoms with Crippen molar-refractivity contribution in [3.63, 3.8) is 0 Å². The number of fused-ring (bicyclic) bond motifs is 1. The van der Waals surface area contributed by atoms with Gasteiger partial charge in [0.05, 0.1) is 18.1 Å². The number of aromatic nitrogens is 3. The molecule has 4 rings (SSSR count). The molecule has 0 spiro atoms. The first-order chi connectivity index (χ1) is 19.0. The van der Waals surface area contributed by atoms with Crippen LogP contribution >= 0.6 is 19.2 Å². The van der Waals surface area contributed by atoms with E-state index in [1.807, 2.05) is 16.8 Å². The molecular formula is C25H38ClN6O7P. The fraction of sp³-hybridized carbons (Fsp3) is 0.680. The quantitative estimate of drug-likeness (QED) is 0.269. The van der Waals surface area contributed by atoms with Gasteiger partial charge in [-0.25, -0.2) is 4.98 Å². The van der Waals surface area contributed by atoms with Gasteiger partial charge in [-0.2, -0.15) is 4.98 Å². The van der Waals surface area contributed by atoms with Crippen molar-refractivity contribution in [2.24, 2.45) is 0 Å². The Morgan fingerprint density at radius 1 is 1.07 bits per heavy atom. The van der Waals surface area contributed by atoms with Crippen molar-refractivity contribution in [2.45, 2.75) is 56.9 Å². The van der Waals surface area contributed by atoms with E-state index in [1.165, 1.54) is 22.6 Å². The highest BCUT2D eigenvalue weighted by molar-refractivity contribution is 7.53. The first kappa shape index (κ1) is 30.7. The zero-order valence-electron chi connectivity index (χ0n) is 23.4. The Labute approximate surface area is 239 Å². The average molecular weight is 601 g/mol. The Bertz CT molecular complexity index is 1210. The van der Waals surface area contributed by atoms with Crippen LogP contribution in [-0.2, 0) is 32.7 Å². The molecule has 2 fully saturated rings. The SMILES string of the molecule is CN(C)C(=O)COP(=O)(COC[C@@H]1CC[C@H](n2ccc3c(NC4CCCC4)nc(Cl)nc32)O1)OCC(=O)N(C)C. The Morgan fingerprint density at radius 2 is 1.73 bits per heavy atom. The number of anilines is 1. The molecule has 2 amide bonds. The van der Waals surface area contributed by atoms with Gasteiger partial charge in [0.2, 0.25) is 17.1 Å². The third kappa shape index (κ3) is 7.92. The fourth-order valence-electron chi connectivity index (χ4n) is 4.60. The van der Waals surface area contributed by atoms with Crippen LogP contribution in [0.15, 0.2) is 12.3 Å². The monoisotopic (exact) mass is 600 g/mol. The van der Waals surface area contributed by atoms with E-state index in [9.17, 15) is 14.2 Å². The lowest BCUT2D eigenvalue weighted by Crippen LogP contribution is -2.28. The maximum atomic E-state index is 13.2. The fourth-order valence-corrected chi connectivity index (χ4v) is 5.93. The zero-order valence-corrected chi connectivity index (χ0v) is 25.0. The molecule has 0 unspecified atom stereocenters. The van der Waals surface area contributed by atoms with Crippen molar-refractivity contribution in [3.05, 3.63) is 17.5 Å². The number of halogens is 1. The molecule has 0 bridgehead atoms. The van der Waals surface area contributed by atoms with Gasteiger partial charge in [-0.05, 0) is 43.4 Å². The van der Waals surface area contributed by atoms with E-state index in [2.05, 4.69) is 15.3 Å². The summed E-state index contributed by atoms with van der Waals surface area (Å²) in [5, 5.41) is 4.57. The van der Waals surface area contributed by atoms with Crippen LogP contribution in [0.2, 0.25) is 5.28 Å². The molecule has 1 aliphatic heterocycles. The maximum Gasteiger partial charge on any atom is 0.357 e. The van der Waals surface area contributed by atoms with Gasteiger partial charge in [0.1, 0.15) is 37.3 Å². The van der Waals surface area contributed by atoms with Crippen LogP contribution in [0.3, 0.4) is 0 Å². The molecule has 1 saturated carbocycles. The number of amides is 2. The normalized spacial score (nSPS) is 19.8. The minimum absolute atomic E-state index is 0.125. The summed E-state index contributed by atoms with van der Waals surface area (Å²) in [5.74, 6) is -0.0573. The van der Waals surface area contributed by atoms with E-state index in [0.29, 0.717) is 24.5 Å². The van der Waals surface area contributed by atoms with Gasteiger partial charge >= 0.3 is 7.60 Å². The molecule has 13 nitrogen and oxygen atoms in total. The van der Waals surface area contributed by atoms with Crippen molar-refractivity contribution in [3.8, 4) is 0 Å². The van der Waals surface area contributed by atoms with E-state index >= 15 is 0 Å². The molecule has 1 N–H and O–H groups in total. The lowest BCUT2D eigenvalue weighted by molar-refractivity contribution is -0.131. The average Bonchev–Trinajstić information content (AvgIpc) is 3.67. The van der Waals surface area contributed by atoms with Crippen molar-refractivity contribution in [1.29, 1.82) is 0 Å². The third-order valence-electron chi connectivity index (χ3n) is 6.96. The molecule has 40 heavy (non-hydrogen) atoms. The number of carbonyl (C=O) groups is 2. The van der Waals surface area contributed by atoms with Crippen LogP contribution in [0.25, 0.3) is 11.0 Å². The van der Waals surface area contributed by atoms with Crippen molar-refractivity contribution >= 4 is 47.9 Å². The molecule has 0 radical (unpaired) electrons. The van der Waals surface area contributed by atoms with E-state index in [4.69, 9.17) is 30.1 Å². The maximum absolute atomic E-state index is 13.2. The van der Waals surface area contributed by atoms with E-state index < -0.39 is 39.0 Å². The van der Waals surface area contributed by atoms with Gasteiger partial charge in [0, 0.05) is 40.4 Å². The molecule has 3 heterocycles. The highest BCUT2D eigenvalue weighted by Gasteiger charge is 2.32. The molecule has 2 aromatic rings. The van der Waals surface area contributed by atoms with Crippen LogP contribution in [0.5, 0.6) is 0 Å². The lowest BCUT2D eigenvalue weighted by atomic mass is 10.2. The third-order valence-corrected chi connectivity index (χ3v) is 8.67. The summed E-state index contributed by atoms with van der Waals surface area (Å²) in [7, 11) is 2.32.